The van der Waals surface area contributed by atoms with E-state index in [0.29, 0.717) is 0 Å². The molecule has 0 saturated heterocycles. The predicted octanol–water partition coefficient (Wildman–Crippen LogP) is 3.30. The number of hydrogen-bond acceptors (Lipinski definition) is 6. The van der Waals surface area contributed by atoms with Gasteiger partial charge in [0.1, 0.15) is 12.2 Å². The number of tetrazole rings is 1. The van der Waals surface area contributed by atoms with E-state index in [1.807, 2.05) is 48.5 Å². The zero-order valence-corrected chi connectivity index (χ0v) is 14.5. The molecule has 0 aliphatic carbocycles. The van der Waals surface area contributed by atoms with Crippen molar-refractivity contribution in [1.82, 2.24) is 40.1 Å². The van der Waals surface area contributed by atoms with Crippen molar-refractivity contribution in [2.75, 3.05) is 0 Å². The number of pyridine rings is 2. The number of nitrogens with one attached hydrogen (secondary N) is 1. The van der Waals surface area contributed by atoms with Gasteiger partial charge >= 0.3 is 0 Å². The van der Waals surface area contributed by atoms with E-state index < -0.39 is 0 Å². The molecule has 8 heteroatoms. The molecule has 0 saturated carbocycles. The van der Waals surface area contributed by atoms with Gasteiger partial charge in [-0.05, 0) is 59.0 Å². The zero-order chi connectivity index (χ0) is 18.5. The molecule has 6 aromatic rings. The molecular formula is C20H12N8. The van der Waals surface area contributed by atoms with Gasteiger partial charge in [-0.15, -0.1) is 5.10 Å². The molecule has 4 heterocycles. The maximum atomic E-state index is 4.88. The van der Waals surface area contributed by atoms with Gasteiger partial charge in [-0.3, -0.25) is 9.97 Å². The molecule has 0 amide bonds. The second-order valence-electron chi connectivity index (χ2n) is 6.41. The van der Waals surface area contributed by atoms with Crippen molar-refractivity contribution in [1.29, 1.82) is 0 Å². The van der Waals surface area contributed by atoms with Crippen LogP contribution in [0.25, 0.3) is 49.9 Å². The fourth-order valence-electron chi connectivity index (χ4n) is 3.53. The molecule has 0 aliphatic rings. The molecule has 4 aromatic heterocycles. The lowest BCUT2D eigenvalue weighted by Gasteiger charge is -2.03. The van der Waals surface area contributed by atoms with Crippen LogP contribution in [0.3, 0.4) is 0 Å². The van der Waals surface area contributed by atoms with Crippen LogP contribution in [-0.2, 0) is 0 Å². The maximum absolute atomic E-state index is 4.88. The van der Waals surface area contributed by atoms with Gasteiger partial charge in [0.05, 0.1) is 27.8 Å². The molecule has 1 N–H and O–H groups in total. The van der Waals surface area contributed by atoms with Crippen molar-refractivity contribution in [3.63, 3.8) is 0 Å². The van der Waals surface area contributed by atoms with Crippen molar-refractivity contribution < 1.29 is 0 Å². The number of benzene rings is 2. The number of H-pyrrole nitrogens is 1. The minimum absolute atomic E-state index is 0.791. The monoisotopic (exact) mass is 364 g/mol. The molecule has 8 nitrogen and oxygen atoms in total. The van der Waals surface area contributed by atoms with Gasteiger partial charge in [-0.2, -0.15) is 0 Å². The van der Waals surface area contributed by atoms with Crippen LogP contribution in [-0.4, -0.2) is 40.1 Å². The highest BCUT2D eigenvalue weighted by atomic mass is 15.5. The van der Waals surface area contributed by atoms with Crippen molar-refractivity contribution in [2.45, 2.75) is 0 Å². The summed E-state index contributed by atoms with van der Waals surface area (Å²) in [4.78, 5) is 17.5. The van der Waals surface area contributed by atoms with E-state index in [9.17, 15) is 0 Å². The van der Waals surface area contributed by atoms with E-state index in [1.54, 1.807) is 23.4 Å². The fraction of sp³-hybridized carbons (Fsp3) is 0. The summed E-state index contributed by atoms with van der Waals surface area (Å²) >= 11 is 0. The quantitative estimate of drug-likeness (QED) is 0.473. The summed E-state index contributed by atoms with van der Waals surface area (Å²) in [5.41, 5.74) is 5.44. The topological polar surface area (TPSA) is 98.1 Å². The first-order valence-electron chi connectivity index (χ1n) is 8.73. The molecule has 2 aromatic carbocycles. The van der Waals surface area contributed by atoms with E-state index in [4.69, 9.17) is 4.98 Å². The highest BCUT2D eigenvalue weighted by molar-refractivity contribution is 6.20. The molecule has 0 bridgehead atoms. The third-order valence-electron chi connectivity index (χ3n) is 4.82. The highest BCUT2D eigenvalue weighted by Gasteiger charge is 2.15. The predicted molar refractivity (Wildman–Crippen MR) is 105 cm³/mol. The summed E-state index contributed by atoms with van der Waals surface area (Å²) in [6, 6.07) is 15.8. The smallest absolute Gasteiger partial charge is 0.143 e. The third-order valence-corrected chi connectivity index (χ3v) is 4.82. The summed E-state index contributed by atoms with van der Waals surface area (Å²) in [5.74, 6) is 0.791. The summed E-state index contributed by atoms with van der Waals surface area (Å²) in [6.45, 7) is 0. The average Bonchev–Trinajstić information content (AvgIpc) is 3.45. The fourth-order valence-corrected chi connectivity index (χ4v) is 3.53. The normalized spacial score (nSPS) is 11.6. The first kappa shape index (κ1) is 14.9. The van der Waals surface area contributed by atoms with Gasteiger partial charge in [-0.1, -0.05) is 0 Å². The SMILES string of the molecule is c1cnc2c(c1)c1nc(-c3ccc(-n4cnnn4)cc3)[nH]c1c1cccnc12. The molecule has 0 radical (unpaired) electrons. The highest BCUT2D eigenvalue weighted by Crippen LogP contribution is 2.33. The molecule has 0 unspecified atom stereocenters. The number of nitrogens with zero attached hydrogens (tertiary/aromatic N) is 7. The van der Waals surface area contributed by atoms with E-state index in [0.717, 1.165) is 49.9 Å². The molecule has 132 valence electrons. The van der Waals surface area contributed by atoms with E-state index in [-0.39, 0.29) is 0 Å². The first-order chi connectivity index (χ1) is 13.9. The van der Waals surface area contributed by atoms with Gasteiger partial charge in [-0.25, -0.2) is 9.67 Å². The van der Waals surface area contributed by atoms with Crippen molar-refractivity contribution in [3.05, 3.63) is 67.3 Å². The number of imidazole rings is 1. The van der Waals surface area contributed by atoms with Crippen LogP contribution < -0.4 is 0 Å². The number of fused-ring (bicyclic) bond motifs is 6. The molecule has 0 atom stereocenters. The lowest BCUT2D eigenvalue weighted by atomic mass is 10.1. The van der Waals surface area contributed by atoms with Crippen LogP contribution in [0.5, 0.6) is 0 Å². The Morgan fingerprint density at radius 3 is 2.29 bits per heavy atom. The Hall–Kier alpha value is -4.20. The van der Waals surface area contributed by atoms with Gasteiger partial charge in [0.15, 0.2) is 0 Å². The standard InChI is InChI=1S/C20H12N8/c1-3-14-16(21-9-1)17-15(4-2-10-22-17)19-18(14)24-20(25-19)12-5-7-13(8-6-12)28-11-23-26-27-28/h1-11H,(H,24,25). The van der Waals surface area contributed by atoms with Gasteiger partial charge < -0.3 is 4.98 Å². The summed E-state index contributed by atoms with van der Waals surface area (Å²) in [5, 5.41) is 13.2. The minimum Gasteiger partial charge on any atom is -0.337 e. The molecular weight excluding hydrogens is 352 g/mol. The number of aromatic amines is 1. The van der Waals surface area contributed by atoms with E-state index in [1.165, 1.54) is 0 Å². The van der Waals surface area contributed by atoms with Crippen LogP contribution in [0.15, 0.2) is 67.3 Å². The van der Waals surface area contributed by atoms with E-state index >= 15 is 0 Å². The summed E-state index contributed by atoms with van der Waals surface area (Å²) in [7, 11) is 0. The molecule has 0 fully saturated rings. The number of rotatable bonds is 2. The van der Waals surface area contributed by atoms with Crippen LogP contribution in [0.2, 0.25) is 0 Å². The average molecular weight is 364 g/mol. The Bertz CT molecular complexity index is 1380. The molecule has 0 aliphatic heterocycles. The molecule has 28 heavy (non-hydrogen) atoms. The van der Waals surface area contributed by atoms with Crippen LogP contribution in [0.1, 0.15) is 0 Å². The third kappa shape index (κ3) is 2.11. The van der Waals surface area contributed by atoms with Gasteiger partial charge in [0.25, 0.3) is 0 Å². The first-order valence-corrected chi connectivity index (χ1v) is 8.73. The second-order valence-corrected chi connectivity index (χ2v) is 6.41. The Balaban J connectivity index is 1.59. The summed E-state index contributed by atoms with van der Waals surface area (Å²) in [6.07, 6.45) is 5.14. The Morgan fingerprint density at radius 2 is 1.54 bits per heavy atom. The molecule has 0 spiro atoms. The minimum atomic E-state index is 0.791. The zero-order valence-electron chi connectivity index (χ0n) is 14.5. The van der Waals surface area contributed by atoms with Gasteiger partial charge in [0.2, 0.25) is 0 Å². The maximum Gasteiger partial charge on any atom is 0.143 e. The second kappa shape index (κ2) is 5.65. The van der Waals surface area contributed by atoms with Crippen molar-refractivity contribution >= 4 is 32.8 Å². The Morgan fingerprint density at radius 1 is 0.786 bits per heavy atom. The summed E-state index contributed by atoms with van der Waals surface area (Å²) < 4.78 is 1.61. The number of hydrogen-bond donors (Lipinski definition) is 1. The van der Waals surface area contributed by atoms with Crippen molar-refractivity contribution in [3.8, 4) is 17.1 Å². The van der Waals surface area contributed by atoms with Crippen LogP contribution >= 0.6 is 0 Å². The van der Waals surface area contributed by atoms with Crippen LogP contribution in [0.4, 0.5) is 0 Å². The lowest BCUT2D eigenvalue weighted by Crippen LogP contribution is -1.94. The molecule has 6 rings (SSSR count). The Kier molecular flexibility index (Phi) is 3.01. The van der Waals surface area contributed by atoms with Crippen LogP contribution in [0, 0.1) is 0 Å². The number of aromatic nitrogens is 8. The van der Waals surface area contributed by atoms with Crippen molar-refractivity contribution in [2.24, 2.45) is 0 Å². The largest absolute Gasteiger partial charge is 0.337 e. The lowest BCUT2D eigenvalue weighted by molar-refractivity contribution is 0.789. The van der Waals surface area contributed by atoms with E-state index in [2.05, 4.69) is 30.5 Å². The Labute approximate surface area is 157 Å². The van der Waals surface area contributed by atoms with Gasteiger partial charge in [0, 0.05) is 28.7 Å².